The molecular weight excluding hydrogens is 328 g/mol. The fraction of sp³-hybridized carbons (Fsp3) is 0.222. The molecule has 0 saturated carbocycles. The molecule has 0 aliphatic rings. The standard InChI is InChI=1S/C18H20N8/c1-11(13-4-6-14(7-5-13)26-9-8-20-12(26)2)22-18-23-16(19)15-10-21-25(3)17(15)24-18/h4-11H,1-3H3,(H3,19,22,23,24)/t11-/m0/s1. The second kappa shape index (κ2) is 6.14. The van der Waals surface area contributed by atoms with Gasteiger partial charge in [0.05, 0.1) is 17.6 Å². The lowest BCUT2D eigenvalue weighted by atomic mass is 10.1. The van der Waals surface area contributed by atoms with Crippen LogP contribution in [0, 0.1) is 6.92 Å². The summed E-state index contributed by atoms with van der Waals surface area (Å²) in [6.45, 7) is 4.04. The van der Waals surface area contributed by atoms with Crippen LogP contribution in [0.2, 0.25) is 0 Å². The first-order chi connectivity index (χ1) is 12.5. The minimum Gasteiger partial charge on any atom is -0.383 e. The molecule has 0 amide bonds. The van der Waals surface area contributed by atoms with Crippen molar-refractivity contribution in [1.29, 1.82) is 0 Å². The van der Waals surface area contributed by atoms with Crippen LogP contribution >= 0.6 is 0 Å². The molecule has 3 heterocycles. The average Bonchev–Trinajstić information content (AvgIpc) is 3.22. The van der Waals surface area contributed by atoms with Crippen molar-refractivity contribution in [3.05, 3.63) is 54.2 Å². The molecule has 0 aliphatic carbocycles. The molecule has 26 heavy (non-hydrogen) atoms. The van der Waals surface area contributed by atoms with Crippen molar-refractivity contribution in [2.24, 2.45) is 7.05 Å². The average molecular weight is 348 g/mol. The number of nitrogen functional groups attached to an aromatic ring is 1. The maximum Gasteiger partial charge on any atom is 0.227 e. The van der Waals surface area contributed by atoms with Crippen LogP contribution in [0.15, 0.2) is 42.9 Å². The SMILES string of the molecule is Cc1nccn1-c1ccc([C@H](C)Nc2nc(N)c3cnn(C)c3n2)cc1. The first-order valence-corrected chi connectivity index (χ1v) is 8.35. The lowest BCUT2D eigenvalue weighted by Gasteiger charge is -2.15. The van der Waals surface area contributed by atoms with Crippen molar-refractivity contribution in [3.8, 4) is 5.69 Å². The summed E-state index contributed by atoms with van der Waals surface area (Å²) in [5.74, 6) is 1.86. The third kappa shape index (κ3) is 2.75. The number of nitrogens with one attached hydrogen (secondary N) is 1. The number of hydrogen-bond acceptors (Lipinski definition) is 6. The molecule has 1 aromatic carbocycles. The predicted molar refractivity (Wildman–Crippen MR) is 101 cm³/mol. The predicted octanol–water partition coefficient (Wildman–Crippen LogP) is 2.61. The van der Waals surface area contributed by atoms with Gasteiger partial charge in [-0.25, -0.2) is 4.98 Å². The molecule has 3 aromatic heterocycles. The number of nitrogens with zero attached hydrogens (tertiary/aromatic N) is 6. The third-order valence-corrected chi connectivity index (χ3v) is 4.46. The van der Waals surface area contributed by atoms with Gasteiger partial charge >= 0.3 is 0 Å². The van der Waals surface area contributed by atoms with Gasteiger partial charge in [-0.15, -0.1) is 0 Å². The number of rotatable bonds is 4. The van der Waals surface area contributed by atoms with E-state index >= 15 is 0 Å². The van der Waals surface area contributed by atoms with Crippen molar-refractivity contribution >= 4 is 22.8 Å². The van der Waals surface area contributed by atoms with E-state index in [9.17, 15) is 0 Å². The van der Waals surface area contributed by atoms with Crippen LogP contribution in [0.25, 0.3) is 16.7 Å². The summed E-state index contributed by atoms with van der Waals surface area (Å²) in [6.07, 6.45) is 5.42. The quantitative estimate of drug-likeness (QED) is 0.588. The highest BCUT2D eigenvalue weighted by atomic mass is 15.3. The molecule has 1 atom stereocenters. The number of nitrogens with two attached hydrogens (primary N) is 1. The summed E-state index contributed by atoms with van der Waals surface area (Å²) in [6, 6.07) is 8.33. The summed E-state index contributed by atoms with van der Waals surface area (Å²) in [7, 11) is 1.83. The third-order valence-electron chi connectivity index (χ3n) is 4.46. The normalized spacial score (nSPS) is 12.4. The van der Waals surface area contributed by atoms with Crippen molar-refractivity contribution in [2.45, 2.75) is 19.9 Å². The van der Waals surface area contributed by atoms with Crippen molar-refractivity contribution < 1.29 is 0 Å². The Labute approximate surface area is 150 Å². The summed E-state index contributed by atoms with van der Waals surface area (Å²) >= 11 is 0. The maximum absolute atomic E-state index is 6.02. The van der Waals surface area contributed by atoms with Crippen molar-refractivity contribution in [2.75, 3.05) is 11.1 Å². The number of anilines is 2. The van der Waals surface area contributed by atoms with Crippen LogP contribution in [-0.2, 0) is 7.05 Å². The van der Waals surface area contributed by atoms with Crippen LogP contribution in [0.5, 0.6) is 0 Å². The molecule has 132 valence electrons. The van der Waals surface area contributed by atoms with E-state index in [1.165, 1.54) is 0 Å². The minimum atomic E-state index is 0.0259. The molecule has 0 fully saturated rings. The number of aryl methyl sites for hydroxylation is 2. The van der Waals surface area contributed by atoms with E-state index in [2.05, 4.69) is 56.6 Å². The summed E-state index contributed by atoms with van der Waals surface area (Å²) in [5, 5.41) is 8.24. The zero-order valence-corrected chi connectivity index (χ0v) is 14.9. The van der Waals surface area contributed by atoms with Gasteiger partial charge in [-0.1, -0.05) is 12.1 Å². The van der Waals surface area contributed by atoms with Crippen LogP contribution in [0.4, 0.5) is 11.8 Å². The van der Waals surface area contributed by atoms with E-state index in [0.717, 1.165) is 22.5 Å². The Morgan fingerprint density at radius 1 is 1.15 bits per heavy atom. The largest absolute Gasteiger partial charge is 0.383 e. The number of benzene rings is 1. The first-order valence-electron chi connectivity index (χ1n) is 8.35. The number of hydrogen-bond donors (Lipinski definition) is 2. The second-order valence-electron chi connectivity index (χ2n) is 6.24. The van der Waals surface area contributed by atoms with Gasteiger partial charge < -0.3 is 15.6 Å². The Morgan fingerprint density at radius 3 is 2.62 bits per heavy atom. The molecule has 0 aliphatic heterocycles. The highest BCUT2D eigenvalue weighted by Crippen LogP contribution is 2.23. The number of fused-ring (bicyclic) bond motifs is 1. The topological polar surface area (TPSA) is 99.5 Å². The van der Waals surface area contributed by atoms with E-state index in [1.807, 2.05) is 24.7 Å². The van der Waals surface area contributed by atoms with E-state index in [0.29, 0.717) is 17.4 Å². The van der Waals surface area contributed by atoms with Gasteiger partial charge in [-0.2, -0.15) is 15.1 Å². The highest BCUT2D eigenvalue weighted by Gasteiger charge is 2.12. The lowest BCUT2D eigenvalue weighted by molar-refractivity contribution is 0.783. The number of aromatic nitrogens is 6. The summed E-state index contributed by atoms with van der Waals surface area (Å²) < 4.78 is 3.73. The monoisotopic (exact) mass is 348 g/mol. The Balaban J connectivity index is 1.57. The van der Waals surface area contributed by atoms with Gasteiger partial charge in [0, 0.05) is 25.1 Å². The lowest BCUT2D eigenvalue weighted by Crippen LogP contribution is -2.11. The maximum atomic E-state index is 6.02. The van der Waals surface area contributed by atoms with Crippen molar-refractivity contribution in [1.82, 2.24) is 29.3 Å². The smallest absolute Gasteiger partial charge is 0.227 e. The molecule has 0 unspecified atom stereocenters. The van der Waals surface area contributed by atoms with Gasteiger partial charge in [0.25, 0.3) is 0 Å². The van der Waals surface area contributed by atoms with Crippen LogP contribution in [0.1, 0.15) is 24.4 Å². The van der Waals surface area contributed by atoms with Crippen LogP contribution < -0.4 is 11.1 Å². The van der Waals surface area contributed by atoms with E-state index in [-0.39, 0.29) is 6.04 Å². The molecule has 8 heteroatoms. The second-order valence-corrected chi connectivity index (χ2v) is 6.24. The van der Waals surface area contributed by atoms with Crippen LogP contribution in [0.3, 0.4) is 0 Å². The van der Waals surface area contributed by atoms with Crippen molar-refractivity contribution in [3.63, 3.8) is 0 Å². The molecule has 8 nitrogen and oxygen atoms in total. The highest BCUT2D eigenvalue weighted by molar-refractivity contribution is 5.86. The van der Waals surface area contributed by atoms with E-state index in [1.54, 1.807) is 17.1 Å². The fourth-order valence-electron chi connectivity index (χ4n) is 2.96. The first kappa shape index (κ1) is 16.1. The number of imidazole rings is 1. The van der Waals surface area contributed by atoms with Crippen LogP contribution in [-0.4, -0.2) is 29.3 Å². The zero-order chi connectivity index (χ0) is 18.3. The van der Waals surface area contributed by atoms with Gasteiger partial charge in [0.1, 0.15) is 11.6 Å². The fourth-order valence-corrected chi connectivity index (χ4v) is 2.96. The molecule has 3 N–H and O–H groups in total. The molecular formula is C18H20N8. The Kier molecular flexibility index (Phi) is 3.80. The molecule has 0 spiro atoms. The van der Waals surface area contributed by atoms with E-state index < -0.39 is 0 Å². The molecule has 4 aromatic rings. The Hall–Kier alpha value is -3.42. The Bertz CT molecular complexity index is 1060. The summed E-state index contributed by atoms with van der Waals surface area (Å²) in [4.78, 5) is 13.1. The van der Waals surface area contributed by atoms with Gasteiger partial charge in [-0.3, -0.25) is 4.68 Å². The Morgan fingerprint density at radius 2 is 1.92 bits per heavy atom. The molecule has 0 radical (unpaired) electrons. The molecule has 4 rings (SSSR count). The zero-order valence-electron chi connectivity index (χ0n) is 14.9. The molecule has 0 bridgehead atoms. The molecule has 0 saturated heterocycles. The van der Waals surface area contributed by atoms with Gasteiger partial charge in [-0.05, 0) is 31.5 Å². The minimum absolute atomic E-state index is 0.0259. The summed E-state index contributed by atoms with van der Waals surface area (Å²) in [5.41, 5.74) is 8.93. The van der Waals surface area contributed by atoms with Gasteiger partial charge in [0.2, 0.25) is 5.95 Å². The van der Waals surface area contributed by atoms with Gasteiger partial charge in [0.15, 0.2) is 5.65 Å². The van der Waals surface area contributed by atoms with E-state index in [4.69, 9.17) is 5.73 Å².